The average Bonchev–Trinajstić information content (AvgIpc) is 3.39. The van der Waals surface area contributed by atoms with Gasteiger partial charge in [-0.2, -0.15) is 0 Å². The summed E-state index contributed by atoms with van der Waals surface area (Å²) in [5.74, 6) is 0. The minimum atomic E-state index is -0.355. The topological polar surface area (TPSA) is 86.5 Å². The van der Waals surface area contributed by atoms with Gasteiger partial charge in [0.05, 0.1) is 25.4 Å². The third-order valence-corrected chi connectivity index (χ3v) is 3.87. The van der Waals surface area contributed by atoms with Crippen LogP contribution in [0.5, 0.6) is 0 Å². The van der Waals surface area contributed by atoms with E-state index in [1.165, 1.54) is 7.05 Å². The first kappa shape index (κ1) is 17.0. The smallest absolute Gasteiger partial charge is 0.325 e. The van der Waals surface area contributed by atoms with E-state index in [2.05, 4.69) is 10.6 Å². The molecule has 2 saturated heterocycles. The van der Waals surface area contributed by atoms with Crippen LogP contribution in [0.3, 0.4) is 0 Å². The number of nitrogens with zero attached hydrogens (tertiary/aromatic N) is 1. The molecule has 0 saturated carbocycles. The molecule has 2 fully saturated rings. The molecule has 2 unspecified atom stereocenters. The maximum Gasteiger partial charge on any atom is 0.325 e. The molecule has 0 aromatic heterocycles. The monoisotopic (exact) mass is 313 g/mol. The number of hydrogen-bond acceptors (Lipinski definition) is 4. The highest BCUT2D eigenvalue weighted by Crippen LogP contribution is 2.16. The van der Waals surface area contributed by atoms with Crippen LogP contribution >= 0.6 is 0 Å². The summed E-state index contributed by atoms with van der Waals surface area (Å²) < 4.78 is 10.2. The Morgan fingerprint density at radius 3 is 1.68 bits per heavy atom. The molecule has 126 valence electrons. The van der Waals surface area contributed by atoms with E-state index < -0.39 is 0 Å². The lowest BCUT2D eigenvalue weighted by Crippen LogP contribution is -2.46. The third kappa shape index (κ3) is 7.09. The molecule has 2 aliphatic heterocycles. The van der Waals surface area contributed by atoms with Gasteiger partial charge in [0.25, 0.3) is 0 Å². The first-order valence-corrected chi connectivity index (χ1v) is 8.19. The van der Waals surface area contributed by atoms with Crippen LogP contribution in [-0.4, -0.2) is 62.5 Å². The van der Waals surface area contributed by atoms with E-state index in [4.69, 9.17) is 9.47 Å². The number of urea groups is 2. The Bertz CT molecular complexity index is 336. The largest absolute Gasteiger partial charge is 0.373 e. The van der Waals surface area contributed by atoms with E-state index in [1.807, 2.05) is 0 Å². The van der Waals surface area contributed by atoms with Crippen molar-refractivity contribution in [2.45, 2.75) is 50.7 Å². The summed E-state index contributed by atoms with van der Waals surface area (Å²) in [4.78, 5) is 24.7. The molecule has 2 atom stereocenters. The van der Waals surface area contributed by atoms with Crippen molar-refractivity contribution in [3.05, 3.63) is 0 Å². The summed E-state index contributed by atoms with van der Waals surface area (Å²) in [6.45, 7) is 2.93. The number of amides is 4. The third-order valence-electron chi connectivity index (χ3n) is 3.87. The van der Waals surface area contributed by atoms with Gasteiger partial charge in [-0.3, -0.25) is 0 Å². The summed E-state index contributed by atoms with van der Waals surface area (Å²) in [6.07, 6.45) is 6.87. The van der Waals surface area contributed by atoms with E-state index in [-0.39, 0.29) is 12.1 Å². The fourth-order valence-corrected chi connectivity index (χ4v) is 2.18. The summed E-state index contributed by atoms with van der Waals surface area (Å²) in [7, 11) is 1.49. The van der Waals surface area contributed by atoms with Crippen LogP contribution in [0, 0.1) is 0 Å². The standard InChI is InChI=1S/C15H27N3O4/c1-18(14(19)16-8-4-2-6-12-10-21-12)15(20)17-9-5-3-7-13-11-22-13/h12-13H,2-11H2,1H3,(H,16,19)(H,17,20). The van der Waals surface area contributed by atoms with Crippen molar-refractivity contribution < 1.29 is 19.1 Å². The van der Waals surface area contributed by atoms with Crippen LogP contribution in [0.25, 0.3) is 0 Å². The molecule has 22 heavy (non-hydrogen) atoms. The number of imide groups is 1. The van der Waals surface area contributed by atoms with E-state index in [0.29, 0.717) is 25.3 Å². The van der Waals surface area contributed by atoms with E-state index in [1.54, 1.807) is 0 Å². The highest BCUT2D eigenvalue weighted by atomic mass is 16.6. The van der Waals surface area contributed by atoms with Crippen LogP contribution in [0.15, 0.2) is 0 Å². The average molecular weight is 313 g/mol. The predicted octanol–water partition coefficient (Wildman–Crippen LogP) is 1.48. The number of carbonyl (C=O) groups excluding carboxylic acids is 2. The number of carbonyl (C=O) groups is 2. The zero-order valence-electron chi connectivity index (χ0n) is 13.3. The first-order chi connectivity index (χ1) is 10.7. The fourth-order valence-electron chi connectivity index (χ4n) is 2.18. The molecule has 0 aromatic carbocycles. The Morgan fingerprint density at radius 1 is 0.909 bits per heavy atom. The number of unbranched alkanes of at least 4 members (excludes halogenated alkanes) is 2. The molecule has 2 heterocycles. The van der Waals surface area contributed by atoms with Crippen LogP contribution in [0.2, 0.25) is 0 Å². The SMILES string of the molecule is CN(C(=O)NCCCCC1CO1)C(=O)NCCCCC1CO1. The minimum Gasteiger partial charge on any atom is -0.373 e. The lowest BCUT2D eigenvalue weighted by atomic mass is 10.2. The zero-order chi connectivity index (χ0) is 15.8. The molecule has 7 nitrogen and oxygen atoms in total. The number of nitrogens with one attached hydrogen (secondary N) is 2. The first-order valence-electron chi connectivity index (χ1n) is 8.19. The molecular weight excluding hydrogens is 286 g/mol. The van der Waals surface area contributed by atoms with Crippen molar-refractivity contribution in [3.63, 3.8) is 0 Å². The predicted molar refractivity (Wildman–Crippen MR) is 81.7 cm³/mol. The van der Waals surface area contributed by atoms with Gasteiger partial charge in [0, 0.05) is 20.1 Å². The molecule has 2 rings (SSSR count). The Balaban J connectivity index is 1.44. The molecule has 4 amide bonds. The molecule has 0 bridgehead atoms. The Morgan fingerprint density at radius 2 is 1.32 bits per heavy atom. The maximum atomic E-state index is 11.8. The molecule has 2 N–H and O–H groups in total. The Hall–Kier alpha value is -1.34. The van der Waals surface area contributed by atoms with Crippen molar-refractivity contribution in [1.82, 2.24) is 15.5 Å². The Labute approximate surface area is 131 Å². The summed E-state index contributed by atoms with van der Waals surface area (Å²) in [5.41, 5.74) is 0. The Kier molecular flexibility index (Phi) is 6.92. The highest BCUT2D eigenvalue weighted by Gasteiger charge is 2.22. The summed E-state index contributed by atoms with van der Waals surface area (Å²) in [6, 6.07) is -0.710. The van der Waals surface area contributed by atoms with Crippen molar-refractivity contribution >= 4 is 12.1 Å². The molecule has 0 aromatic rings. The van der Waals surface area contributed by atoms with Crippen molar-refractivity contribution in [3.8, 4) is 0 Å². The maximum absolute atomic E-state index is 11.8. The highest BCUT2D eigenvalue weighted by molar-refractivity contribution is 5.93. The molecular formula is C15H27N3O4. The minimum absolute atomic E-state index is 0.355. The number of epoxide rings is 2. The van der Waals surface area contributed by atoms with Crippen molar-refractivity contribution in [2.75, 3.05) is 33.4 Å². The second-order valence-corrected chi connectivity index (χ2v) is 5.93. The van der Waals surface area contributed by atoms with Crippen molar-refractivity contribution in [2.24, 2.45) is 0 Å². The van der Waals surface area contributed by atoms with Gasteiger partial charge in [-0.15, -0.1) is 0 Å². The second kappa shape index (κ2) is 8.95. The van der Waals surface area contributed by atoms with Gasteiger partial charge in [-0.05, 0) is 38.5 Å². The van der Waals surface area contributed by atoms with Crippen LogP contribution < -0.4 is 10.6 Å². The number of ether oxygens (including phenoxy) is 2. The second-order valence-electron chi connectivity index (χ2n) is 5.93. The van der Waals surface area contributed by atoms with Gasteiger partial charge < -0.3 is 20.1 Å². The molecule has 7 heteroatoms. The normalized spacial score (nSPS) is 22.0. The van der Waals surface area contributed by atoms with Crippen molar-refractivity contribution in [1.29, 1.82) is 0 Å². The van der Waals surface area contributed by atoms with Crippen LogP contribution in [-0.2, 0) is 9.47 Å². The zero-order valence-corrected chi connectivity index (χ0v) is 13.3. The van der Waals surface area contributed by atoms with E-state index in [9.17, 15) is 9.59 Å². The van der Waals surface area contributed by atoms with Gasteiger partial charge in [-0.25, -0.2) is 14.5 Å². The van der Waals surface area contributed by atoms with Gasteiger partial charge in [0.1, 0.15) is 0 Å². The molecule has 2 aliphatic rings. The fraction of sp³-hybridized carbons (Fsp3) is 0.867. The molecule has 0 spiro atoms. The van der Waals surface area contributed by atoms with E-state index in [0.717, 1.165) is 56.6 Å². The van der Waals surface area contributed by atoms with E-state index >= 15 is 0 Å². The van der Waals surface area contributed by atoms with Gasteiger partial charge >= 0.3 is 12.1 Å². The van der Waals surface area contributed by atoms with Gasteiger partial charge in [0.15, 0.2) is 0 Å². The summed E-state index contributed by atoms with van der Waals surface area (Å²) >= 11 is 0. The number of hydrogen-bond donors (Lipinski definition) is 2. The summed E-state index contributed by atoms with van der Waals surface area (Å²) in [5, 5.41) is 5.50. The van der Waals surface area contributed by atoms with Gasteiger partial charge in [-0.1, -0.05) is 0 Å². The molecule has 0 radical (unpaired) electrons. The quantitative estimate of drug-likeness (QED) is 0.472. The molecule has 0 aliphatic carbocycles. The lowest BCUT2D eigenvalue weighted by Gasteiger charge is -2.17. The van der Waals surface area contributed by atoms with Crippen LogP contribution in [0.4, 0.5) is 9.59 Å². The lowest BCUT2D eigenvalue weighted by molar-refractivity contribution is 0.194. The van der Waals surface area contributed by atoms with Crippen LogP contribution in [0.1, 0.15) is 38.5 Å². The van der Waals surface area contributed by atoms with Gasteiger partial charge in [0.2, 0.25) is 0 Å². The number of rotatable bonds is 10.